The van der Waals surface area contributed by atoms with Crippen molar-refractivity contribution in [2.24, 2.45) is 0 Å². The molecule has 0 aromatic rings. The van der Waals surface area contributed by atoms with Gasteiger partial charge in [-0.1, -0.05) is 0 Å². The molecule has 5 nitrogen and oxygen atoms in total. The SMILES string of the molecule is C1COCCN1.CC(=O)CC(=O)[O-].[K+]. The predicted molar refractivity (Wildman–Crippen MR) is 44.0 cm³/mol. The van der Waals surface area contributed by atoms with Crippen LogP contribution < -0.4 is 61.8 Å². The third-order valence-corrected chi connectivity index (χ3v) is 1.24. The number of Topliss-reactive ketones (excluding diaryl/α,β-unsaturated/α-hetero) is 1. The molecule has 1 heterocycles. The van der Waals surface area contributed by atoms with Crippen LogP contribution in [0.3, 0.4) is 0 Å². The van der Waals surface area contributed by atoms with Crippen molar-refractivity contribution in [3.05, 3.63) is 0 Å². The molecule has 0 saturated carbocycles. The van der Waals surface area contributed by atoms with E-state index in [9.17, 15) is 14.7 Å². The van der Waals surface area contributed by atoms with Crippen LogP contribution in [0.5, 0.6) is 0 Å². The van der Waals surface area contributed by atoms with Gasteiger partial charge >= 0.3 is 51.4 Å². The van der Waals surface area contributed by atoms with Crippen LogP contribution in [0.1, 0.15) is 13.3 Å². The monoisotopic (exact) mass is 227 g/mol. The molecule has 76 valence electrons. The Bertz CT molecular complexity index is 147. The van der Waals surface area contributed by atoms with E-state index < -0.39 is 12.4 Å². The first-order chi connectivity index (χ1) is 6.13. The maximum atomic E-state index is 9.83. The molecule has 0 unspecified atom stereocenters. The molecule has 0 aliphatic carbocycles. The number of morpholine rings is 1. The molecule has 1 aliphatic rings. The van der Waals surface area contributed by atoms with Crippen molar-refractivity contribution in [3.63, 3.8) is 0 Å². The fourth-order valence-corrected chi connectivity index (χ4v) is 0.719. The first-order valence-corrected chi connectivity index (χ1v) is 4.10. The van der Waals surface area contributed by atoms with Crippen LogP contribution in [-0.2, 0) is 14.3 Å². The number of hydrogen-bond donors (Lipinski definition) is 1. The number of hydrogen-bond acceptors (Lipinski definition) is 5. The van der Waals surface area contributed by atoms with Crippen molar-refractivity contribution in [1.82, 2.24) is 5.32 Å². The summed E-state index contributed by atoms with van der Waals surface area (Å²) in [5, 5.41) is 12.6. The molecule has 14 heavy (non-hydrogen) atoms. The number of carboxylic acid groups (broad SMARTS) is 1. The molecule has 1 fully saturated rings. The fourth-order valence-electron chi connectivity index (χ4n) is 0.719. The second kappa shape index (κ2) is 11.8. The van der Waals surface area contributed by atoms with E-state index in [0.717, 1.165) is 26.3 Å². The van der Waals surface area contributed by atoms with Crippen LogP contribution in [0.2, 0.25) is 0 Å². The smallest absolute Gasteiger partial charge is 0.550 e. The number of aliphatic carboxylic acids is 1. The van der Waals surface area contributed by atoms with Crippen molar-refractivity contribution in [2.45, 2.75) is 13.3 Å². The van der Waals surface area contributed by atoms with Gasteiger partial charge in [0.05, 0.1) is 13.2 Å². The van der Waals surface area contributed by atoms with Crippen LogP contribution >= 0.6 is 0 Å². The summed E-state index contributed by atoms with van der Waals surface area (Å²) < 4.78 is 5.01. The molecule has 1 saturated heterocycles. The first kappa shape index (κ1) is 17.1. The Kier molecular flexibility index (Phi) is 14.4. The van der Waals surface area contributed by atoms with Crippen molar-refractivity contribution in [2.75, 3.05) is 26.3 Å². The van der Waals surface area contributed by atoms with Crippen LogP contribution in [0.15, 0.2) is 0 Å². The molecule has 1 N–H and O–H groups in total. The van der Waals surface area contributed by atoms with E-state index in [0.29, 0.717) is 0 Å². The number of rotatable bonds is 2. The molecule has 1 rings (SSSR count). The molecule has 0 atom stereocenters. The van der Waals surface area contributed by atoms with E-state index in [1.807, 2.05) is 0 Å². The molecule has 0 bridgehead atoms. The summed E-state index contributed by atoms with van der Waals surface area (Å²) >= 11 is 0. The molecule has 0 spiro atoms. The van der Waals surface area contributed by atoms with Crippen LogP contribution in [0, 0.1) is 0 Å². The second-order valence-corrected chi connectivity index (χ2v) is 2.61. The molecular formula is C8H14KNO4. The van der Waals surface area contributed by atoms with Crippen molar-refractivity contribution < 1.29 is 70.8 Å². The fraction of sp³-hybridized carbons (Fsp3) is 0.750. The Balaban J connectivity index is 0. The van der Waals surface area contributed by atoms with E-state index in [-0.39, 0.29) is 57.2 Å². The van der Waals surface area contributed by atoms with Gasteiger partial charge in [0, 0.05) is 25.5 Å². The number of carboxylic acids is 1. The Morgan fingerprint density at radius 1 is 1.36 bits per heavy atom. The Morgan fingerprint density at radius 2 is 1.86 bits per heavy atom. The minimum Gasteiger partial charge on any atom is -0.550 e. The standard InChI is InChI=1S/C4H9NO.C4H6O3.K/c1-3-6-4-2-5-1;1-3(5)2-4(6)7;/h5H,1-4H2;2H2,1H3,(H,6,7);/q;;+1/p-1. The number of carbonyl (C=O) groups is 2. The van der Waals surface area contributed by atoms with E-state index in [1.165, 1.54) is 6.92 Å². The van der Waals surface area contributed by atoms with Crippen molar-refractivity contribution in [1.29, 1.82) is 0 Å². The van der Waals surface area contributed by atoms with Gasteiger partial charge in [-0.3, -0.25) is 4.79 Å². The van der Waals surface area contributed by atoms with Crippen LogP contribution in [-0.4, -0.2) is 38.1 Å². The molecule has 0 radical (unpaired) electrons. The minimum atomic E-state index is -1.31. The van der Waals surface area contributed by atoms with Gasteiger partial charge in [0.15, 0.2) is 0 Å². The van der Waals surface area contributed by atoms with Crippen LogP contribution in [0.25, 0.3) is 0 Å². The molecule has 6 heteroatoms. The number of nitrogens with one attached hydrogen (secondary N) is 1. The van der Waals surface area contributed by atoms with Gasteiger partial charge in [-0.15, -0.1) is 0 Å². The average molecular weight is 227 g/mol. The van der Waals surface area contributed by atoms with Gasteiger partial charge in [0.1, 0.15) is 5.78 Å². The minimum absolute atomic E-state index is 0. The topological polar surface area (TPSA) is 78.5 Å². The maximum absolute atomic E-state index is 9.83. The summed E-state index contributed by atoms with van der Waals surface area (Å²) in [6.45, 7) is 5.04. The summed E-state index contributed by atoms with van der Waals surface area (Å²) in [6.07, 6.45) is -0.472. The van der Waals surface area contributed by atoms with Crippen LogP contribution in [0.4, 0.5) is 0 Å². The summed E-state index contributed by atoms with van der Waals surface area (Å²) in [4.78, 5) is 19.3. The molecule has 1 aliphatic heterocycles. The summed E-state index contributed by atoms with van der Waals surface area (Å²) in [7, 11) is 0. The van der Waals surface area contributed by atoms with Gasteiger partial charge in [0.2, 0.25) is 0 Å². The van der Waals surface area contributed by atoms with Crippen molar-refractivity contribution in [3.8, 4) is 0 Å². The second-order valence-electron chi connectivity index (χ2n) is 2.61. The Morgan fingerprint density at radius 3 is 1.93 bits per heavy atom. The number of ketones is 1. The average Bonchev–Trinajstić information content (AvgIpc) is 2.06. The zero-order valence-electron chi connectivity index (χ0n) is 8.67. The van der Waals surface area contributed by atoms with Gasteiger partial charge in [-0.05, 0) is 6.92 Å². The van der Waals surface area contributed by atoms with Gasteiger partial charge in [0.25, 0.3) is 0 Å². The molecule has 0 aromatic carbocycles. The predicted octanol–water partition coefficient (Wildman–Crippen LogP) is -4.67. The summed E-state index contributed by atoms with van der Waals surface area (Å²) in [5.74, 6) is -1.69. The Hall–Kier alpha value is 0.696. The van der Waals surface area contributed by atoms with E-state index in [1.54, 1.807) is 0 Å². The third kappa shape index (κ3) is 15.2. The van der Waals surface area contributed by atoms with Crippen molar-refractivity contribution >= 4 is 11.8 Å². The molecular weight excluding hydrogens is 213 g/mol. The largest absolute Gasteiger partial charge is 1.00 e. The molecule has 0 amide bonds. The number of carbonyl (C=O) groups excluding carboxylic acids is 2. The van der Waals surface area contributed by atoms with Gasteiger partial charge in [-0.25, -0.2) is 0 Å². The first-order valence-electron chi connectivity index (χ1n) is 4.10. The Labute approximate surface area is 126 Å². The summed E-state index contributed by atoms with van der Waals surface area (Å²) in [6, 6.07) is 0. The third-order valence-electron chi connectivity index (χ3n) is 1.24. The van der Waals surface area contributed by atoms with Gasteiger partial charge < -0.3 is 20.0 Å². The summed E-state index contributed by atoms with van der Waals surface area (Å²) in [5.41, 5.74) is 0. The maximum Gasteiger partial charge on any atom is 1.00 e. The van der Waals surface area contributed by atoms with E-state index >= 15 is 0 Å². The molecule has 0 aromatic heterocycles. The van der Waals surface area contributed by atoms with Gasteiger partial charge in [-0.2, -0.15) is 0 Å². The number of ether oxygens (including phenoxy) is 1. The zero-order chi connectivity index (χ0) is 10.1. The zero-order valence-corrected chi connectivity index (χ0v) is 11.8. The quantitative estimate of drug-likeness (QED) is 0.379. The normalized spacial score (nSPS) is 14.4. The van der Waals surface area contributed by atoms with E-state index in [2.05, 4.69) is 5.32 Å². The van der Waals surface area contributed by atoms with E-state index in [4.69, 9.17) is 4.74 Å².